The third-order valence-corrected chi connectivity index (χ3v) is 5.08. The number of sulfonamides is 1. The van der Waals surface area contributed by atoms with Gasteiger partial charge in [0, 0.05) is 13.6 Å². The van der Waals surface area contributed by atoms with Crippen LogP contribution in [0.2, 0.25) is 5.02 Å². The van der Waals surface area contributed by atoms with Gasteiger partial charge in [0.05, 0.1) is 10.8 Å². The summed E-state index contributed by atoms with van der Waals surface area (Å²) < 4.78 is 38.8. The Morgan fingerprint density at radius 3 is 2.50 bits per heavy atom. The van der Waals surface area contributed by atoms with Crippen LogP contribution in [-0.4, -0.2) is 32.9 Å². The summed E-state index contributed by atoms with van der Waals surface area (Å²) in [4.78, 5) is 0. The van der Waals surface area contributed by atoms with Crippen molar-refractivity contribution in [3.8, 4) is 0 Å². The summed E-state index contributed by atoms with van der Waals surface area (Å²) in [7, 11) is -1.98. The lowest BCUT2D eigenvalue weighted by Gasteiger charge is -2.28. The van der Waals surface area contributed by atoms with E-state index in [1.54, 1.807) is 0 Å². The van der Waals surface area contributed by atoms with Crippen LogP contribution in [0.1, 0.15) is 19.4 Å². The standard InChI is InChI=1S/C13H20ClFN2O2S/c1-13(2,8-16)9-17(3)20(18,19)7-10-4-5-12(15)11(14)6-10/h4-6H,7-9,16H2,1-3H3. The first-order chi connectivity index (χ1) is 9.07. The van der Waals surface area contributed by atoms with Crippen LogP contribution in [-0.2, 0) is 15.8 Å². The van der Waals surface area contributed by atoms with Gasteiger partial charge in [0.1, 0.15) is 5.82 Å². The lowest BCUT2D eigenvalue weighted by Crippen LogP contribution is -2.40. The van der Waals surface area contributed by atoms with Gasteiger partial charge in [-0.3, -0.25) is 0 Å². The lowest BCUT2D eigenvalue weighted by atomic mass is 9.94. The van der Waals surface area contributed by atoms with Crippen LogP contribution >= 0.6 is 11.6 Å². The van der Waals surface area contributed by atoms with Gasteiger partial charge in [-0.2, -0.15) is 0 Å². The quantitative estimate of drug-likeness (QED) is 0.873. The predicted molar refractivity (Wildman–Crippen MR) is 79.5 cm³/mol. The number of halogens is 2. The molecule has 4 nitrogen and oxygen atoms in total. The average molecular weight is 323 g/mol. The van der Waals surface area contributed by atoms with Crippen LogP contribution in [0.15, 0.2) is 18.2 Å². The molecule has 0 aliphatic carbocycles. The molecule has 0 aliphatic rings. The summed E-state index contributed by atoms with van der Waals surface area (Å²) in [5.74, 6) is -0.783. The van der Waals surface area contributed by atoms with Crippen LogP contribution in [0, 0.1) is 11.2 Å². The minimum absolute atomic E-state index is 0.0809. The van der Waals surface area contributed by atoms with Crippen molar-refractivity contribution in [3.05, 3.63) is 34.6 Å². The maximum atomic E-state index is 13.1. The summed E-state index contributed by atoms with van der Waals surface area (Å²) in [6.07, 6.45) is 0. The first-order valence-corrected chi connectivity index (χ1v) is 8.14. The third-order valence-electron chi connectivity index (χ3n) is 3.01. The molecule has 0 saturated carbocycles. The van der Waals surface area contributed by atoms with Crippen molar-refractivity contribution < 1.29 is 12.8 Å². The largest absolute Gasteiger partial charge is 0.330 e. The van der Waals surface area contributed by atoms with Gasteiger partial charge < -0.3 is 5.73 Å². The molecule has 0 atom stereocenters. The molecule has 0 bridgehead atoms. The minimum atomic E-state index is -3.49. The molecule has 1 aromatic carbocycles. The Morgan fingerprint density at radius 1 is 1.40 bits per heavy atom. The van der Waals surface area contributed by atoms with Crippen LogP contribution in [0.25, 0.3) is 0 Å². The molecule has 114 valence electrons. The van der Waals surface area contributed by atoms with E-state index in [0.717, 1.165) is 6.07 Å². The SMILES string of the molecule is CN(CC(C)(C)CN)S(=O)(=O)Cc1ccc(F)c(Cl)c1. The molecule has 2 N–H and O–H groups in total. The number of hydrogen-bond donors (Lipinski definition) is 1. The first kappa shape index (κ1) is 17.4. The molecule has 0 amide bonds. The lowest BCUT2D eigenvalue weighted by molar-refractivity contribution is 0.291. The van der Waals surface area contributed by atoms with Crippen molar-refractivity contribution in [3.63, 3.8) is 0 Å². The highest BCUT2D eigenvalue weighted by molar-refractivity contribution is 7.88. The Morgan fingerprint density at radius 2 is 2.00 bits per heavy atom. The summed E-state index contributed by atoms with van der Waals surface area (Å²) in [6, 6.07) is 3.91. The number of benzene rings is 1. The zero-order chi connectivity index (χ0) is 15.6. The molecule has 1 aromatic rings. The van der Waals surface area contributed by atoms with Gasteiger partial charge >= 0.3 is 0 Å². The van der Waals surface area contributed by atoms with Crippen molar-refractivity contribution in [2.45, 2.75) is 19.6 Å². The van der Waals surface area contributed by atoms with E-state index in [-0.39, 0.29) is 16.2 Å². The van der Waals surface area contributed by atoms with Gasteiger partial charge in [0.2, 0.25) is 10.0 Å². The zero-order valence-corrected chi connectivity index (χ0v) is 13.4. The maximum Gasteiger partial charge on any atom is 0.218 e. The monoisotopic (exact) mass is 322 g/mol. The molecule has 0 aliphatic heterocycles. The van der Waals surface area contributed by atoms with Gasteiger partial charge in [-0.1, -0.05) is 31.5 Å². The number of hydrogen-bond acceptors (Lipinski definition) is 3. The molecule has 0 unspecified atom stereocenters. The Balaban J connectivity index is 2.86. The minimum Gasteiger partial charge on any atom is -0.330 e. The van der Waals surface area contributed by atoms with Gasteiger partial charge in [0.15, 0.2) is 0 Å². The van der Waals surface area contributed by atoms with Gasteiger partial charge in [0.25, 0.3) is 0 Å². The van der Waals surface area contributed by atoms with E-state index in [4.69, 9.17) is 17.3 Å². The van der Waals surface area contributed by atoms with Crippen molar-refractivity contribution >= 4 is 21.6 Å². The fourth-order valence-corrected chi connectivity index (χ4v) is 3.29. The molecule has 0 aromatic heterocycles. The molecular weight excluding hydrogens is 303 g/mol. The second kappa shape index (κ2) is 6.39. The molecule has 20 heavy (non-hydrogen) atoms. The van der Waals surface area contributed by atoms with Crippen LogP contribution in [0.5, 0.6) is 0 Å². The second-order valence-corrected chi connectivity index (χ2v) is 8.11. The Hall–Kier alpha value is -0.690. The Bertz CT molecular complexity index is 576. The molecule has 0 spiro atoms. The van der Waals surface area contributed by atoms with E-state index in [1.807, 2.05) is 13.8 Å². The normalized spacial score (nSPS) is 12.9. The van der Waals surface area contributed by atoms with Crippen molar-refractivity contribution in [1.82, 2.24) is 4.31 Å². The van der Waals surface area contributed by atoms with Crippen molar-refractivity contribution in [2.75, 3.05) is 20.1 Å². The molecule has 0 saturated heterocycles. The fourth-order valence-electron chi connectivity index (χ4n) is 1.72. The van der Waals surface area contributed by atoms with Gasteiger partial charge in [-0.25, -0.2) is 17.1 Å². The van der Waals surface area contributed by atoms with Gasteiger partial charge in [-0.15, -0.1) is 0 Å². The highest BCUT2D eigenvalue weighted by Crippen LogP contribution is 2.21. The van der Waals surface area contributed by atoms with E-state index < -0.39 is 15.8 Å². The summed E-state index contributed by atoms with van der Waals surface area (Å²) in [5.41, 5.74) is 5.76. The van der Waals surface area contributed by atoms with E-state index in [1.165, 1.54) is 23.5 Å². The fraction of sp³-hybridized carbons (Fsp3) is 0.538. The maximum absolute atomic E-state index is 13.1. The van der Waals surface area contributed by atoms with Crippen LogP contribution in [0.4, 0.5) is 4.39 Å². The first-order valence-electron chi connectivity index (χ1n) is 6.15. The van der Waals surface area contributed by atoms with Crippen molar-refractivity contribution in [2.24, 2.45) is 11.1 Å². The van der Waals surface area contributed by atoms with E-state index >= 15 is 0 Å². The smallest absolute Gasteiger partial charge is 0.218 e. The number of nitrogens with two attached hydrogens (primary N) is 1. The third kappa shape index (κ3) is 4.70. The van der Waals surface area contributed by atoms with Crippen LogP contribution in [0.3, 0.4) is 0 Å². The Labute approximate surface area is 124 Å². The highest BCUT2D eigenvalue weighted by Gasteiger charge is 2.26. The van der Waals surface area contributed by atoms with E-state index in [0.29, 0.717) is 18.7 Å². The number of rotatable bonds is 6. The zero-order valence-electron chi connectivity index (χ0n) is 11.9. The Kier molecular flexibility index (Phi) is 5.54. The van der Waals surface area contributed by atoms with E-state index in [2.05, 4.69) is 0 Å². The van der Waals surface area contributed by atoms with Crippen LogP contribution < -0.4 is 5.73 Å². The second-order valence-electron chi connectivity index (χ2n) is 5.63. The predicted octanol–water partition coefficient (Wildman–Crippen LogP) is 2.23. The summed E-state index contributed by atoms with van der Waals surface area (Å²) in [5, 5.41) is -0.0809. The topological polar surface area (TPSA) is 63.4 Å². The number of nitrogens with zero attached hydrogens (tertiary/aromatic N) is 1. The molecule has 0 radical (unpaired) electrons. The van der Waals surface area contributed by atoms with Crippen molar-refractivity contribution in [1.29, 1.82) is 0 Å². The molecule has 0 heterocycles. The molecule has 0 fully saturated rings. The highest BCUT2D eigenvalue weighted by atomic mass is 35.5. The summed E-state index contributed by atoms with van der Waals surface area (Å²) in [6.45, 7) is 4.50. The average Bonchev–Trinajstić information content (AvgIpc) is 2.33. The van der Waals surface area contributed by atoms with E-state index in [9.17, 15) is 12.8 Å². The molecule has 1 rings (SSSR count). The molecular formula is C13H20ClFN2O2S. The van der Waals surface area contributed by atoms with Gasteiger partial charge in [-0.05, 0) is 29.7 Å². The summed E-state index contributed by atoms with van der Waals surface area (Å²) >= 11 is 5.65. The molecule has 7 heteroatoms.